The monoisotopic (exact) mass is 225 g/mol. The predicted molar refractivity (Wildman–Crippen MR) is 64.9 cm³/mol. The number of hydrogen-bond acceptors (Lipinski definition) is 3. The van der Waals surface area contributed by atoms with Crippen molar-refractivity contribution in [1.82, 2.24) is 0 Å². The molecule has 0 amide bonds. The molecule has 1 heterocycles. The highest BCUT2D eigenvalue weighted by Gasteiger charge is 2.19. The maximum Gasteiger partial charge on any atom is 0.155 e. The molecule has 1 aromatic heterocycles. The molecule has 2 nitrogen and oxygen atoms in total. The zero-order valence-electron chi connectivity index (χ0n) is 9.40. The van der Waals surface area contributed by atoms with Crippen molar-refractivity contribution in [2.45, 2.75) is 39.2 Å². The van der Waals surface area contributed by atoms with Crippen molar-refractivity contribution in [2.24, 2.45) is 11.7 Å². The SMILES string of the molecule is CCC(CC)CC(=O)C(N)c1cccs1. The van der Waals surface area contributed by atoms with E-state index in [9.17, 15) is 4.79 Å². The lowest BCUT2D eigenvalue weighted by Gasteiger charge is -2.14. The molecule has 0 aliphatic carbocycles. The third-order valence-corrected chi connectivity index (χ3v) is 3.80. The number of nitrogens with two attached hydrogens (primary N) is 1. The molecule has 15 heavy (non-hydrogen) atoms. The summed E-state index contributed by atoms with van der Waals surface area (Å²) in [6.45, 7) is 4.25. The molecule has 0 aliphatic heterocycles. The fourth-order valence-electron chi connectivity index (χ4n) is 1.62. The number of thiophene rings is 1. The van der Waals surface area contributed by atoms with Gasteiger partial charge in [0.2, 0.25) is 0 Å². The van der Waals surface area contributed by atoms with Crippen molar-refractivity contribution in [2.75, 3.05) is 0 Å². The van der Waals surface area contributed by atoms with Crippen LogP contribution in [-0.4, -0.2) is 5.78 Å². The molecule has 2 N–H and O–H groups in total. The molecule has 84 valence electrons. The maximum atomic E-state index is 11.9. The van der Waals surface area contributed by atoms with E-state index in [0.717, 1.165) is 17.7 Å². The lowest BCUT2D eigenvalue weighted by atomic mass is 9.94. The van der Waals surface area contributed by atoms with Crippen LogP contribution in [0.4, 0.5) is 0 Å². The molecule has 0 fully saturated rings. The lowest BCUT2D eigenvalue weighted by molar-refractivity contribution is -0.121. The third kappa shape index (κ3) is 3.43. The van der Waals surface area contributed by atoms with Crippen LogP contribution in [0.25, 0.3) is 0 Å². The summed E-state index contributed by atoms with van der Waals surface area (Å²) >= 11 is 1.56. The third-order valence-electron chi connectivity index (χ3n) is 2.84. The van der Waals surface area contributed by atoms with E-state index in [0.29, 0.717) is 12.3 Å². The normalized spacial score (nSPS) is 13.1. The van der Waals surface area contributed by atoms with E-state index in [-0.39, 0.29) is 5.78 Å². The van der Waals surface area contributed by atoms with E-state index in [2.05, 4.69) is 13.8 Å². The molecule has 1 atom stereocenters. The highest BCUT2D eigenvalue weighted by Crippen LogP contribution is 2.22. The maximum absolute atomic E-state index is 11.9. The Balaban J connectivity index is 2.53. The van der Waals surface area contributed by atoms with E-state index in [1.807, 2.05) is 17.5 Å². The number of rotatable bonds is 6. The van der Waals surface area contributed by atoms with Crippen LogP contribution < -0.4 is 5.73 Å². The summed E-state index contributed by atoms with van der Waals surface area (Å²) in [5, 5.41) is 1.96. The van der Waals surface area contributed by atoms with Crippen molar-refractivity contribution < 1.29 is 4.79 Å². The first-order valence-electron chi connectivity index (χ1n) is 5.50. The van der Waals surface area contributed by atoms with Gasteiger partial charge in [0, 0.05) is 11.3 Å². The van der Waals surface area contributed by atoms with Crippen LogP contribution in [0.2, 0.25) is 0 Å². The summed E-state index contributed by atoms with van der Waals surface area (Å²) in [4.78, 5) is 12.8. The Morgan fingerprint density at radius 2 is 2.13 bits per heavy atom. The molecule has 1 aromatic rings. The summed E-state index contributed by atoms with van der Waals surface area (Å²) in [5.74, 6) is 0.662. The lowest BCUT2D eigenvalue weighted by Crippen LogP contribution is -2.22. The number of ketones is 1. The van der Waals surface area contributed by atoms with Gasteiger partial charge in [0.25, 0.3) is 0 Å². The summed E-state index contributed by atoms with van der Waals surface area (Å²) in [5.41, 5.74) is 5.90. The second-order valence-electron chi connectivity index (χ2n) is 3.85. The van der Waals surface area contributed by atoms with E-state index in [1.165, 1.54) is 0 Å². The summed E-state index contributed by atoms with van der Waals surface area (Å²) in [6.07, 6.45) is 2.73. The van der Waals surface area contributed by atoms with Gasteiger partial charge in [-0.25, -0.2) is 0 Å². The molecule has 0 saturated heterocycles. The van der Waals surface area contributed by atoms with Gasteiger partial charge in [-0.1, -0.05) is 32.8 Å². The predicted octanol–water partition coefficient (Wildman–Crippen LogP) is 3.14. The molecule has 1 rings (SSSR count). The van der Waals surface area contributed by atoms with E-state index < -0.39 is 6.04 Å². The minimum absolute atomic E-state index is 0.172. The second-order valence-corrected chi connectivity index (χ2v) is 4.83. The van der Waals surface area contributed by atoms with Crippen molar-refractivity contribution in [3.8, 4) is 0 Å². The molecular formula is C12H19NOS. The Kier molecular flexibility index (Phi) is 4.99. The fraction of sp³-hybridized carbons (Fsp3) is 0.583. The van der Waals surface area contributed by atoms with Gasteiger partial charge in [0.05, 0.1) is 6.04 Å². The number of carbonyl (C=O) groups is 1. The first-order chi connectivity index (χ1) is 7.19. The molecular weight excluding hydrogens is 206 g/mol. The first-order valence-corrected chi connectivity index (χ1v) is 6.38. The van der Waals surface area contributed by atoms with Crippen LogP contribution >= 0.6 is 11.3 Å². The average Bonchev–Trinajstić information content (AvgIpc) is 2.77. The van der Waals surface area contributed by atoms with Gasteiger partial charge in [-0.2, -0.15) is 0 Å². The standard InChI is InChI=1S/C12H19NOS/c1-3-9(4-2)8-10(14)12(13)11-6-5-7-15-11/h5-7,9,12H,3-4,8,13H2,1-2H3. The molecule has 1 unspecified atom stereocenters. The molecule has 0 spiro atoms. The highest BCUT2D eigenvalue weighted by molar-refractivity contribution is 7.10. The van der Waals surface area contributed by atoms with E-state index in [4.69, 9.17) is 5.73 Å². The Labute approximate surface area is 95.5 Å². The Morgan fingerprint density at radius 3 is 2.60 bits per heavy atom. The van der Waals surface area contributed by atoms with Gasteiger partial charge >= 0.3 is 0 Å². The van der Waals surface area contributed by atoms with E-state index in [1.54, 1.807) is 11.3 Å². The van der Waals surface area contributed by atoms with Gasteiger partial charge in [-0.15, -0.1) is 11.3 Å². The zero-order chi connectivity index (χ0) is 11.3. The van der Waals surface area contributed by atoms with Crippen LogP contribution in [0, 0.1) is 5.92 Å². The molecule has 0 aliphatic rings. The van der Waals surface area contributed by atoms with Gasteiger partial charge in [-0.3, -0.25) is 4.79 Å². The number of Topliss-reactive ketones (excluding diaryl/α,β-unsaturated/α-hetero) is 1. The van der Waals surface area contributed by atoms with Gasteiger partial charge in [-0.05, 0) is 17.4 Å². The zero-order valence-corrected chi connectivity index (χ0v) is 10.2. The molecule has 0 bridgehead atoms. The van der Waals surface area contributed by atoms with Crippen molar-refractivity contribution in [3.05, 3.63) is 22.4 Å². The Morgan fingerprint density at radius 1 is 1.47 bits per heavy atom. The quantitative estimate of drug-likeness (QED) is 0.808. The fourth-order valence-corrected chi connectivity index (χ4v) is 2.37. The Hall–Kier alpha value is -0.670. The minimum Gasteiger partial charge on any atom is -0.317 e. The molecule has 3 heteroatoms. The molecule has 0 aromatic carbocycles. The van der Waals surface area contributed by atoms with Crippen molar-refractivity contribution >= 4 is 17.1 Å². The van der Waals surface area contributed by atoms with Crippen LogP contribution in [0.1, 0.15) is 44.0 Å². The van der Waals surface area contributed by atoms with Crippen LogP contribution in [0.15, 0.2) is 17.5 Å². The van der Waals surface area contributed by atoms with Crippen molar-refractivity contribution in [3.63, 3.8) is 0 Å². The average molecular weight is 225 g/mol. The largest absolute Gasteiger partial charge is 0.317 e. The number of hydrogen-bond donors (Lipinski definition) is 1. The summed E-state index contributed by atoms with van der Waals surface area (Å²) in [7, 11) is 0. The topological polar surface area (TPSA) is 43.1 Å². The molecule has 0 saturated carbocycles. The first kappa shape index (κ1) is 12.4. The van der Waals surface area contributed by atoms with Gasteiger partial charge < -0.3 is 5.73 Å². The summed E-state index contributed by atoms with van der Waals surface area (Å²) in [6, 6.07) is 3.45. The second kappa shape index (κ2) is 6.03. The molecule has 0 radical (unpaired) electrons. The van der Waals surface area contributed by atoms with Gasteiger partial charge in [0.15, 0.2) is 5.78 Å². The summed E-state index contributed by atoms with van der Waals surface area (Å²) < 4.78 is 0. The smallest absolute Gasteiger partial charge is 0.155 e. The number of carbonyl (C=O) groups excluding carboxylic acids is 1. The van der Waals surface area contributed by atoms with E-state index >= 15 is 0 Å². The highest BCUT2D eigenvalue weighted by atomic mass is 32.1. The van der Waals surface area contributed by atoms with Gasteiger partial charge in [0.1, 0.15) is 0 Å². The Bertz CT molecular complexity index is 291. The van der Waals surface area contributed by atoms with Crippen LogP contribution in [0.3, 0.4) is 0 Å². The van der Waals surface area contributed by atoms with Crippen molar-refractivity contribution in [1.29, 1.82) is 0 Å². The van der Waals surface area contributed by atoms with Crippen LogP contribution in [0.5, 0.6) is 0 Å². The van der Waals surface area contributed by atoms with Crippen LogP contribution in [-0.2, 0) is 4.79 Å². The minimum atomic E-state index is -0.411.